The molecule has 3 rings (SSSR count). The largest absolute Gasteiger partial charge is 0.383 e. The number of pyridine rings is 1. The second-order valence-corrected chi connectivity index (χ2v) is 5.67. The molecular weight excluding hydrogens is 336 g/mol. The van der Waals surface area contributed by atoms with Crippen molar-refractivity contribution in [3.05, 3.63) is 89.8 Å². The van der Waals surface area contributed by atoms with Crippen molar-refractivity contribution in [3.63, 3.8) is 0 Å². The van der Waals surface area contributed by atoms with Gasteiger partial charge in [-0.1, -0.05) is 30.3 Å². The second-order valence-electron chi connectivity index (χ2n) is 5.67. The number of nitrogens with one attached hydrogen (secondary N) is 2. The summed E-state index contributed by atoms with van der Waals surface area (Å²) in [6.07, 6.45) is 2.41. The van der Waals surface area contributed by atoms with E-state index in [2.05, 4.69) is 27.8 Å². The van der Waals surface area contributed by atoms with Gasteiger partial charge in [0.15, 0.2) is 0 Å². The lowest BCUT2D eigenvalue weighted by molar-refractivity contribution is 0.102. The van der Waals surface area contributed by atoms with Crippen LogP contribution < -0.4 is 10.6 Å². The van der Waals surface area contributed by atoms with E-state index in [1.807, 2.05) is 18.2 Å². The van der Waals surface area contributed by atoms with E-state index in [4.69, 9.17) is 0 Å². The minimum atomic E-state index is -0.836. The SMILES string of the molecule is O=C(Nc1ccc(F)cc1F)c1ccc(NCCc2ccccc2)cn1. The van der Waals surface area contributed by atoms with Gasteiger partial charge in [-0.2, -0.15) is 0 Å². The van der Waals surface area contributed by atoms with Gasteiger partial charge in [0.1, 0.15) is 17.3 Å². The van der Waals surface area contributed by atoms with Crippen molar-refractivity contribution in [2.24, 2.45) is 0 Å². The van der Waals surface area contributed by atoms with Crippen LogP contribution in [0.2, 0.25) is 0 Å². The van der Waals surface area contributed by atoms with Crippen LogP contribution in [0.15, 0.2) is 66.9 Å². The summed E-state index contributed by atoms with van der Waals surface area (Å²) in [5.74, 6) is -2.10. The number of hydrogen-bond donors (Lipinski definition) is 2. The van der Waals surface area contributed by atoms with E-state index in [-0.39, 0.29) is 11.4 Å². The molecule has 1 aromatic heterocycles. The highest BCUT2D eigenvalue weighted by molar-refractivity contribution is 6.03. The molecule has 1 amide bonds. The maximum Gasteiger partial charge on any atom is 0.274 e. The smallest absolute Gasteiger partial charge is 0.274 e. The third-order valence-corrected chi connectivity index (χ3v) is 3.76. The lowest BCUT2D eigenvalue weighted by atomic mass is 10.1. The Bertz CT molecular complexity index is 883. The molecule has 0 spiro atoms. The first kappa shape index (κ1) is 17.5. The fourth-order valence-corrected chi connectivity index (χ4v) is 2.41. The quantitative estimate of drug-likeness (QED) is 0.696. The van der Waals surface area contributed by atoms with Crippen molar-refractivity contribution in [1.29, 1.82) is 0 Å². The number of benzene rings is 2. The highest BCUT2D eigenvalue weighted by Crippen LogP contribution is 2.16. The van der Waals surface area contributed by atoms with Crippen LogP contribution >= 0.6 is 0 Å². The van der Waals surface area contributed by atoms with Crippen molar-refractivity contribution >= 4 is 17.3 Å². The van der Waals surface area contributed by atoms with Crippen LogP contribution in [-0.4, -0.2) is 17.4 Å². The Morgan fingerprint density at radius 1 is 1.00 bits per heavy atom. The zero-order valence-corrected chi connectivity index (χ0v) is 13.9. The lowest BCUT2D eigenvalue weighted by Crippen LogP contribution is -2.15. The summed E-state index contributed by atoms with van der Waals surface area (Å²) in [5.41, 5.74) is 2.06. The molecule has 0 bridgehead atoms. The van der Waals surface area contributed by atoms with Gasteiger partial charge < -0.3 is 10.6 Å². The molecule has 0 fully saturated rings. The Hall–Kier alpha value is -3.28. The Labute approximate surface area is 149 Å². The molecule has 0 aliphatic carbocycles. The van der Waals surface area contributed by atoms with Crippen molar-refractivity contribution in [1.82, 2.24) is 4.98 Å². The van der Waals surface area contributed by atoms with Crippen LogP contribution in [0.1, 0.15) is 16.1 Å². The minimum Gasteiger partial charge on any atom is -0.383 e. The van der Waals surface area contributed by atoms with Crippen molar-refractivity contribution in [3.8, 4) is 0 Å². The van der Waals surface area contributed by atoms with Gasteiger partial charge in [-0.3, -0.25) is 4.79 Å². The molecule has 26 heavy (non-hydrogen) atoms. The molecule has 2 aromatic carbocycles. The molecule has 0 radical (unpaired) electrons. The molecule has 3 aromatic rings. The summed E-state index contributed by atoms with van der Waals surface area (Å²) in [4.78, 5) is 16.2. The molecule has 132 valence electrons. The Balaban J connectivity index is 1.55. The molecule has 0 atom stereocenters. The van der Waals surface area contributed by atoms with Gasteiger partial charge in [-0.15, -0.1) is 0 Å². The van der Waals surface area contributed by atoms with E-state index in [1.54, 1.807) is 18.3 Å². The maximum absolute atomic E-state index is 13.6. The van der Waals surface area contributed by atoms with Crippen LogP contribution in [0.5, 0.6) is 0 Å². The molecule has 2 N–H and O–H groups in total. The molecule has 0 aliphatic rings. The van der Waals surface area contributed by atoms with Crippen LogP contribution in [0, 0.1) is 11.6 Å². The van der Waals surface area contributed by atoms with Crippen LogP contribution in [0.4, 0.5) is 20.2 Å². The maximum atomic E-state index is 13.6. The average Bonchev–Trinajstić information content (AvgIpc) is 2.65. The fraction of sp³-hybridized carbons (Fsp3) is 0.100. The van der Waals surface area contributed by atoms with Gasteiger partial charge in [0.25, 0.3) is 5.91 Å². The zero-order chi connectivity index (χ0) is 18.4. The third kappa shape index (κ3) is 4.63. The van der Waals surface area contributed by atoms with Crippen LogP contribution in [0.25, 0.3) is 0 Å². The molecule has 1 heterocycles. The van der Waals surface area contributed by atoms with E-state index in [0.717, 1.165) is 24.7 Å². The average molecular weight is 353 g/mol. The van der Waals surface area contributed by atoms with Gasteiger partial charge in [0.2, 0.25) is 0 Å². The number of halogens is 2. The minimum absolute atomic E-state index is 0.0942. The molecule has 4 nitrogen and oxygen atoms in total. The molecule has 0 saturated carbocycles. The first-order valence-corrected chi connectivity index (χ1v) is 8.12. The van der Waals surface area contributed by atoms with Gasteiger partial charge in [0, 0.05) is 12.6 Å². The normalized spacial score (nSPS) is 10.4. The highest BCUT2D eigenvalue weighted by atomic mass is 19.1. The Morgan fingerprint density at radius 3 is 2.50 bits per heavy atom. The topological polar surface area (TPSA) is 54.0 Å². The Morgan fingerprint density at radius 2 is 1.81 bits per heavy atom. The van der Waals surface area contributed by atoms with Crippen LogP contribution in [0.3, 0.4) is 0 Å². The molecular formula is C20H17F2N3O. The lowest BCUT2D eigenvalue weighted by Gasteiger charge is -2.08. The Kier molecular flexibility index (Phi) is 5.53. The molecule has 0 unspecified atom stereocenters. The highest BCUT2D eigenvalue weighted by Gasteiger charge is 2.11. The van der Waals surface area contributed by atoms with E-state index >= 15 is 0 Å². The monoisotopic (exact) mass is 353 g/mol. The summed E-state index contributed by atoms with van der Waals surface area (Å²) >= 11 is 0. The van der Waals surface area contributed by atoms with Gasteiger partial charge in [-0.05, 0) is 36.2 Å². The summed E-state index contributed by atoms with van der Waals surface area (Å²) in [5, 5.41) is 5.60. The van der Waals surface area contributed by atoms with E-state index in [0.29, 0.717) is 6.07 Å². The molecule has 0 saturated heterocycles. The van der Waals surface area contributed by atoms with Crippen molar-refractivity contribution in [2.75, 3.05) is 17.2 Å². The van der Waals surface area contributed by atoms with E-state index in [9.17, 15) is 13.6 Å². The predicted octanol–water partition coefficient (Wildman–Crippen LogP) is 4.27. The number of rotatable bonds is 6. The number of carbonyl (C=O) groups is 1. The van der Waals surface area contributed by atoms with Gasteiger partial charge in [-0.25, -0.2) is 13.8 Å². The van der Waals surface area contributed by atoms with E-state index < -0.39 is 17.5 Å². The zero-order valence-electron chi connectivity index (χ0n) is 13.9. The fourth-order valence-electron chi connectivity index (χ4n) is 2.41. The molecule has 6 heteroatoms. The predicted molar refractivity (Wildman–Crippen MR) is 97.2 cm³/mol. The summed E-state index contributed by atoms with van der Waals surface area (Å²) < 4.78 is 26.5. The summed E-state index contributed by atoms with van der Waals surface area (Å²) in [6.45, 7) is 0.734. The second kappa shape index (κ2) is 8.20. The number of aromatic nitrogens is 1. The third-order valence-electron chi connectivity index (χ3n) is 3.76. The van der Waals surface area contributed by atoms with Gasteiger partial charge in [0.05, 0.1) is 17.6 Å². The standard InChI is InChI=1S/C20H17F2N3O/c21-15-6-8-18(17(22)12-15)25-20(26)19-9-7-16(13-24-19)23-11-10-14-4-2-1-3-5-14/h1-9,12-13,23H,10-11H2,(H,25,26). The number of anilines is 2. The number of hydrogen-bond acceptors (Lipinski definition) is 3. The number of carbonyl (C=O) groups excluding carboxylic acids is 1. The number of amides is 1. The van der Waals surface area contributed by atoms with Crippen molar-refractivity contribution in [2.45, 2.75) is 6.42 Å². The molecule has 0 aliphatic heterocycles. The number of nitrogens with zero attached hydrogens (tertiary/aromatic N) is 1. The van der Waals surface area contributed by atoms with Crippen molar-refractivity contribution < 1.29 is 13.6 Å². The first-order valence-electron chi connectivity index (χ1n) is 8.12. The van der Waals surface area contributed by atoms with E-state index in [1.165, 1.54) is 11.6 Å². The summed E-state index contributed by atoms with van der Waals surface area (Å²) in [7, 11) is 0. The summed E-state index contributed by atoms with van der Waals surface area (Å²) in [6, 6.07) is 16.3. The van der Waals surface area contributed by atoms with Gasteiger partial charge >= 0.3 is 0 Å². The first-order chi connectivity index (χ1) is 12.6. The van der Waals surface area contributed by atoms with Crippen LogP contribution in [-0.2, 0) is 6.42 Å².